The molecule has 1 fully saturated rings. The highest BCUT2D eigenvalue weighted by molar-refractivity contribution is 7.89. The third-order valence-corrected chi connectivity index (χ3v) is 6.63. The Kier molecular flexibility index (Phi) is 5.43. The third-order valence-electron chi connectivity index (χ3n) is 4.70. The number of rotatable bonds is 6. The molecule has 3 rings (SSSR count). The number of aryl methyl sites for hydroxylation is 2. The topological polar surface area (TPSA) is 84.3 Å². The van der Waals surface area contributed by atoms with Crippen molar-refractivity contribution in [1.82, 2.24) is 19.2 Å². The number of imidazole rings is 1. The van der Waals surface area contributed by atoms with Crippen LogP contribution in [-0.4, -0.2) is 47.3 Å². The second kappa shape index (κ2) is 7.59. The molecule has 1 aromatic heterocycles. The molecule has 2 heterocycles. The summed E-state index contributed by atoms with van der Waals surface area (Å²) in [7, 11) is -1.77. The molecule has 0 aliphatic carbocycles. The van der Waals surface area contributed by atoms with Crippen LogP contribution in [0.25, 0.3) is 0 Å². The van der Waals surface area contributed by atoms with Crippen LogP contribution >= 0.6 is 0 Å². The highest BCUT2D eigenvalue weighted by Gasteiger charge is 2.39. The van der Waals surface area contributed by atoms with E-state index in [1.807, 2.05) is 24.7 Å². The van der Waals surface area contributed by atoms with Gasteiger partial charge < -0.3 is 9.88 Å². The highest BCUT2D eigenvalue weighted by Crippen LogP contribution is 2.26. The first kappa shape index (κ1) is 18.6. The van der Waals surface area contributed by atoms with Crippen LogP contribution in [0.3, 0.4) is 0 Å². The van der Waals surface area contributed by atoms with E-state index in [-0.39, 0.29) is 10.8 Å². The molecule has 0 spiro atoms. The SMILES string of the molecule is Cc1ccc(S(=O)(=O)N2CCC[C@H]2C(=O)NCCc2nccn2C)cc1. The van der Waals surface area contributed by atoms with E-state index in [0.29, 0.717) is 32.4 Å². The van der Waals surface area contributed by atoms with Crippen molar-refractivity contribution >= 4 is 15.9 Å². The van der Waals surface area contributed by atoms with Crippen LogP contribution in [-0.2, 0) is 28.3 Å². The number of nitrogens with one attached hydrogen (secondary N) is 1. The fourth-order valence-electron chi connectivity index (χ4n) is 3.19. The summed E-state index contributed by atoms with van der Waals surface area (Å²) < 4.78 is 29.0. The normalized spacial score (nSPS) is 18.2. The van der Waals surface area contributed by atoms with E-state index in [2.05, 4.69) is 10.3 Å². The molecule has 1 N–H and O–H groups in total. The predicted molar refractivity (Wildman–Crippen MR) is 98.0 cm³/mol. The van der Waals surface area contributed by atoms with E-state index in [0.717, 1.165) is 11.4 Å². The lowest BCUT2D eigenvalue weighted by Gasteiger charge is -2.23. The van der Waals surface area contributed by atoms with E-state index >= 15 is 0 Å². The lowest BCUT2D eigenvalue weighted by atomic mass is 10.2. The monoisotopic (exact) mass is 376 g/mol. The van der Waals surface area contributed by atoms with Gasteiger partial charge in [-0.15, -0.1) is 0 Å². The minimum absolute atomic E-state index is 0.232. The molecular weight excluding hydrogens is 352 g/mol. The Balaban J connectivity index is 1.66. The van der Waals surface area contributed by atoms with Gasteiger partial charge in [-0.1, -0.05) is 17.7 Å². The molecule has 140 valence electrons. The molecule has 0 saturated carbocycles. The van der Waals surface area contributed by atoms with Gasteiger partial charge in [-0.2, -0.15) is 4.31 Å². The zero-order valence-electron chi connectivity index (χ0n) is 15.1. The van der Waals surface area contributed by atoms with Gasteiger partial charge in [0.2, 0.25) is 15.9 Å². The van der Waals surface area contributed by atoms with E-state index in [1.54, 1.807) is 30.5 Å². The average molecular weight is 376 g/mol. The number of hydrogen-bond donors (Lipinski definition) is 1. The first-order valence-electron chi connectivity index (χ1n) is 8.72. The van der Waals surface area contributed by atoms with Crippen molar-refractivity contribution < 1.29 is 13.2 Å². The second-order valence-corrected chi connectivity index (χ2v) is 8.47. The van der Waals surface area contributed by atoms with E-state index in [4.69, 9.17) is 0 Å². The van der Waals surface area contributed by atoms with Crippen molar-refractivity contribution in [3.63, 3.8) is 0 Å². The van der Waals surface area contributed by atoms with Gasteiger partial charge in [-0.3, -0.25) is 4.79 Å². The number of aromatic nitrogens is 2. The number of sulfonamides is 1. The fraction of sp³-hybridized carbons (Fsp3) is 0.444. The first-order chi connectivity index (χ1) is 12.4. The summed E-state index contributed by atoms with van der Waals surface area (Å²) in [6.07, 6.45) is 5.39. The molecule has 8 heteroatoms. The van der Waals surface area contributed by atoms with Crippen LogP contribution in [0.1, 0.15) is 24.2 Å². The number of carbonyl (C=O) groups is 1. The van der Waals surface area contributed by atoms with Crippen LogP contribution in [0.2, 0.25) is 0 Å². The van der Waals surface area contributed by atoms with Crippen molar-refractivity contribution in [3.8, 4) is 0 Å². The lowest BCUT2D eigenvalue weighted by molar-refractivity contribution is -0.124. The molecule has 26 heavy (non-hydrogen) atoms. The molecule has 1 aliphatic heterocycles. The zero-order valence-corrected chi connectivity index (χ0v) is 15.9. The summed E-state index contributed by atoms with van der Waals surface area (Å²) in [6, 6.07) is 6.08. The largest absolute Gasteiger partial charge is 0.354 e. The van der Waals surface area contributed by atoms with Crippen molar-refractivity contribution in [2.75, 3.05) is 13.1 Å². The minimum Gasteiger partial charge on any atom is -0.354 e. The maximum atomic E-state index is 12.9. The van der Waals surface area contributed by atoms with Gasteiger partial charge in [0.05, 0.1) is 4.90 Å². The van der Waals surface area contributed by atoms with Crippen LogP contribution in [0.5, 0.6) is 0 Å². The number of carbonyl (C=O) groups excluding carboxylic acids is 1. The standard InChI is InChI=1S/C18H24N4O3S/c1-14-5-7-15(8-6-14)26(24,25)22-12-3-4-16(22)18(23)20-10-9-17-19-11-13-21(17)2/h5-8,11,13,16H,3-4,9-10,12H2,1-2H3,(H,20,23)/t16-/m0/s1. The summed E-state index contributed by atoms with van der Waals surface area (Å²) in [4.78, 5) is 17.0. The van der Waals surface area contributed by atoms with E-state index < -0.39 is 16.1 Å². The Morgan fingerprint density at radius 1 is 1.31 bits per heavy atom. The molecule has 1 aromatic carbocycles. The Hall–Kier alpha value is -2.19. The molecule has 1 aliphatic rings. The van der Waals surface area contributed by atoms with E-state index in [1.165, 1.54) is 4.31 Å². The number of benzene rings is 1. The Bertz CT molecular complexity index is 874. The predicted octanol–water partition coefficient (Wildman–Crippen LogP) is 1.24. The highest BCUT2D eigenvalue weighted by atomic mass is 32.2. The second-order valence-electron chi connectivity index (χ2n) is 6.58. The van der Waals surface area contributed by atoms with Gasteiger partial charge in [-0.25, -0.2) is 13.4 Å². The van der Waals surface area contributed by atoms with Crippen LogP contribution in [0.15, 0.2) is 41.6 Å². The third kappa shape index (κ3) is 3.81. The van der Waals surface area contributed by atoms with Gasteiger partial charge in [-0.05, 0) is 31.9 Å². The Morgan fingerprint density at radius 2 is 2.04 bits per heavy atom. The summed E-state index contributed by atoms with van der Waals surface area (Å²) in [5.74, 6) is 0.633. The molecule has 1 atom stereocenters. The van der Waals surface area contributed by atoms with Crippen LogP contribution in [0, 0.1) is 6.92 Å². The van der Waals surface area contributed by atoms with Gasteiger partial charge in [0, 0.05) is 39.0 Å². The molecule has 1 amide bonds. The number of amides is 1. The Morgan fingerprint density at radius 3 is 2.69 bits per heavy atom. The number of nitrogens with zero attached hydrogens (tertiary/aromatic N) is 3. The van der Waals surface area contributed by atoms with Gasteiger partial charge in [0.15, 0.2) is 0 Å². The van der Waals surface area contributed by atoms with Crippen molar-refractivity contribution in [2.45, 2.75) is 37.1 Å². The van der Waals surface area contributed by atoms with E-state index in [9.17, 15) is 13.2 Å². The Labute approximate surface area is 154 Å². The molecule has 0 bridgehead atoms. The first-order valence-corrected chi connectivity index (χ1v) is 10.2. The zero-order chi connectivity index (χ0) is 18.7. The van der Waals surface area contributed by atoms with Gasteiger partial charge in [0.25, 0.3) is 0 Å². The van der Waals surface area contributed by atoms with Gasteiger partial charge >= 0.3 is 0 Å². The molecule has 2 aromatic rings. The lowest BCUT2D eigenvalue weighted by Crippen LogP contribution is -2.46. The summed E-state index contributed by atoms with van der Waals surface area (Å²) in [6.45, 7) is 2.70. The fourth-order valence-corrected chi connectivity index (χ4v) is 4.84. The quantitative estimate of drug-likeness (QED) is 0.822. The average Bonchev–Trinajstić information content (AvgIpc) is 3.25. The summed E-state index contributed by atoms with van der Waals surface area (Å²) in [5, 5.41) is 2.85. The maximum Gasteiger partial charge on any atom is 0.243 e. The summed E-state index contributed by atoms with van der Waals surface area (Å²) >= 11 is 0. The molecule has 1 saturated heterocycles. The molecule has 0 unspecified atom stereocenters. The minimum atomic E-state index is -3.67. The maximum absolute atomic E-state index is 12.9. The van der Waals surface area contributed by atoms with Crippen LogP contribution in [0.4, 0.5) is 0 Å². The number of hydrogen-bond acceptors (Lipinski definition) is 4. The van der Waals surface area contributed by atoms with Crippen molar-refractivity contribution in [1.29, 1.82) is 0 Å². The van der Waals surface area contributed by atoms with Crippen molar-refractivity contribution in [2.24, 2.45) is 7.05 Å². The van der Waals surface area contributed by atoms with Crippen molar-refractivity contribution in [3.05, 3.63) is 48.0 Å². The summed E-state index contributed by atoms with van der Waals surface area (Å²) in [5.41, 5.74) is 0.994. The molecule has 0 radical (unpaired) electrons. The van der Waals surface area contributed by atoms with Gasteiger partial charge in [0.1, 0.15) is 11.9 Å². The molecular formula is C18H24N4O3S. The van der Waals surface area contributed by atoms with Crippen LogP contribution < -0.4 is 5.32 Å². The molecule has 7 nitrogen and oxygen atoms in total. The smallest absolute Gasteiger partial charge is 0.243 e.